The number of anilines is 1. The number of aliphatic hydroxyl groups is 1. The van der Waals surface area contributed by atoms with Crippen molar-refractivity contribution < 1.29 is 14.6 Å². The molecule has 1 aromatic rings. The van der Waals surface area contributed by atoms with Crippen LogP contribution in [-0.2, 0) is 0 Å². The van der Waals surface area contributed by atoms with Gasteiger partial charge in [0, 0.05) is 24.8 Å². The molecule has 1 aromatic carbocycles. The second-order valence-electron chi connectivity index (χ2n) is 5.55. The summed E-state index contributed by atoms with van der Waals surface area (Å²) < 4.78 is 6.50. The first-order chi connectivity index (χ1) is 10.9. The van der Waals surface area contributed by atoms with Gasteiger partial charge in [0.15, 0.2) is 0 Å². The van der Waals surface area contributed by atoms with Crippen LogP contribution in [0.4, 0.5) is 10.5 Å². The monoisotopic (exact) mass is 435 g/mol. The fourth-order valence-electron chi connectivity index (χ4n) is 1.73. The Kier molecular flexibility index (Phi) is 9.27. The Labute approximate surface area is 151 Å². The molecule has 0 aliphatic carbocycles. The number of hydrogen-bond donors (Lipinski definition) is 4. The number of aliphatic hydroxyl groups excluding tert-OH is 1. The van der Waals surface area contributed by atoms with E-state index in [1.807, 2.05) is 26.8 Å². The number of nitrogens with one attached hydrogen (secondary N) is 3. The molecule has 0 saturated carbocycles. The van der Waals surface area contributed by atoms with E-state index in [0.717, 1.165) is 9.99 Å². The lowest BCUT2D eigenvalue weighted by atomic mass is 10.3. The Morgan fingerprint density at radius 3 is 2.74 bits per heavy atom. The minimum absolute atomic E-state index is 0.216. The van der Waals surface area contributed by atoms with Crippen molar-refractivity contribution in [1.82, 2.24) is 10.6 Å². The number of hydrogen-bond acceptors (Lipinski definition) is 4. The summed E-state index contributed by atoms with van der Waals surface area (Å²) in [4.78, 5) is 11.6. The second kappa shape index (κ2) is 10.7. The van der Waals surface area contributed by atoms with Crippen molar-refractivity contribution in [1.29, 1.82) is 0 Å². The van der Waals surface area contributed by atoms with Crippen LogP contribution in [0, 0.1) is 3.57 Å². The average molecular weight is 435 g/mol. The predicted molar refractivity (Wildman–Crippen MR) is 101 cm³/mol. The normalized spacial score (nSPS) is 12.1. The molecule has 0 aromatic heterocycles. The summed E-state index contributed by atoms with van der Waals surface area (Å²) in [6, 6.07) is 5.52. The van der Waals surface area contributed by atoms with Gasteiger partial charge >= 0.3 is 6.03 Å². The molecule has 1 atom stereocenters. The molecule has 130 valence electrons. The molecule has 0 aliphatic heterocycles. The van der Waals surface area contributed by atoms with Crippen LogP contribution in [0.15, 0.2) is 18.2 Å². The maximum Gasteiger partial charge on any atom is 0.319 e. The Hall–Kier alpha value is -1.06. The first kappa shape index (κ1) is 20.0. The summed E-state index contributed by atoms with van der Waals surface area (Å²) in [5, 5.41) is 18.5. The maximum atomic E-state index is 11.6. The highest BCUT2D eigenvalue weighted by molar-refractivity contribution is 14.1. The summed E-state index contributed by atoms with van der Waals surface area (Å²) in [5.74, 6) is 0.689. The van der Waals surface area contributed by atoms with Gasteiger partial charge in [-0.1, -0.05) is 20.8 Å². The standard InChI is InChI=1S/C16H26IN3O3/c1-4-7-18-16(22)20-12-5-6-15(14(17)8-12)23-10-13(21)9-19-11(2)3/h5-6,8,11,13,19,21H,4,7,9-10H2,1-3H3,(H2,18,20,22)/t13-/m0/s1. The van der Waals surface area contributed by atoms with Gasteiger partial charge in [-0.3, -0.25) is 0 Å². The number of halogens is 1. The van der Waals surface area contributed by atoms with E-state index in [-0.39, 0.29) is 12.6 Å². The minimum atomic E-state index is -0.564. The third-order valence-electron chi connectivity index (χ3n) is 2.92. The number of urea groups is 1. The Morgan fingerprint density at radius 1 is 1.39 bits per heavy atom. The number of ether oxygens (including phenoxy) is 1. The highest BCUT2D eigenvalue weighted by atomic mass is 127. The Balaban J connectivity index is 2.48. The first-order valence-electron chi connectivity index (χ1n) is 7.81. The molecule has 6 nitrogen and oxygen atoms in total. The molecule has 0 aliphatic rings. The van der Waals surface area contributed by atoms with Crippen molar-refractivity contribution in [3.8, 4) is 5.75 Å². The van der Waals surface area contributed by atoms with Crippen LogP contribution in [-0.4, -0.2) is 43.0 Å². The summed E-state index contributed by atoms with van der Waals surface area (Å²) in [6.45, 7) is 7.41. The van der Waals surface area contributed by atoms with Crippen LogP contribution >= 0.6 is 22.6 Å². The van der Waals surface area contributed by atoms with Gasteiger partial charge in [0.25, 0.3) is 0 Å². The average Bonchev–Trinajstić information content (AvgIpc) is 2.50. The van der Waals surface area contributed by atoms with Crippen molar-refractivity contribution in [3.05, 3.63) is 21.8 Å². The highest BCUT2D eigenvalue weighted by Gasteiger charge is 2.09. The molecule has 0 saturated heterocycles. The minimum Gasteiger partial charge on any atom is -0.490 e. The summed E-state index contributed by atoms with van der Waals surface area (Å²) in [7, 11) is 0. The van der Waals surface area contributed by atoms with Crippen LogP contribution < -0.4 is 20.7 Å². The van der Waals surface area contributed by atoms with Gasteiger partial charge in [-0.2, -0.15) is 0 Å². The van der Waals surface area contributed by atoms with E-state index in [1.54, 1.807) is 12.1 Å². The Morgan fingerprint density at radius 2 is 2.13 bits per heavy atom. The molecule has 4 N–H and O–H groups in total. The molecule has 0 unspecified atom stereocenters. The van der Waals surface area contributed by atoms with Crippen LogP contribution in [0.3, 0.4) is 0 Å². The van der Waals surface area contributed by atoms with E-state index < -0.39 is 6.10 Å². The van der Waals surface area contributed by atoms with E-state index >= 15 is 0 Å². The van der Waals surface area contributed by atoms with E-state index in [2.05, 4.69) is 38.5 Å². The van der Waals surface area contributed by atoms with Gasteiger partial charge in [-0.15, -0.1) is 0 Å². The SMILES string of the molecule is CCCNC(=O)Nc1ccc(OC[C@@H](O)CNC(C)C)c(I)c1. The zero-order valence-corrected chi connectivity index (χ0v) is 16.0. The highest BCUT2D eigenvalue weighted by Crippen LogP contribution is 2.24. The molecule has 2 amide bonds. The fraction of sp³-hybridized carbons (Fsp3) is 0.562. The third-order valence-corrected chi connectivity index (χ3v) is 3.76. The molecule has 0 heterocycles. The van der Waals surface area contributed by atoms with Gasteiger partial charge in [0.05, 0.1) is 3.57 Å². The quantitative estimate of drug-likeness (QED) is 0.450. The topological polar surface area (TPSA) is 82.6 Å². The van der Waals surface area contributed by atoms with E-state index in [0.29, 0.717) is 30.6 Å². The smallest absolute Gasteiger partial charge is 0.319 e. The number of carbonyl (C=O) groups is 1. The molecular weight excluding hydrogens is 409 g/mol. The lowest BCUT2D eigenvalue weighted by Crippen LogP contribution is -2.35. The van der Waals surface area contributed by atoms with Gasteiger partial charge in [0.2, 0.25) is 0 Å². The lowest BCUT2D eigenvalue weighted by Gasteiger charge is -2.16. The number of amides is 2. The van der Waals surface area contributed by atoms with E-state index in [9.17, 15) is 9.90 Å². The number of rotatable bonds is 9. The second-order valence-corrected chi connectivity index (χ2v) is 6.72. The largest absolute Gasteiger partial charge is 0.490 e. The number of benzene rings is 1. The first-order valence-corrected chi connectivity index (χ1v) is 8.88. The predicted octanol–water partition coefficient (Wildman–Crippen LogP) is 2.56. The third kappa shape index (κ3) is 8.38. The van der Waals surface area contributed by atoms with Crippen molar-refractivity contribution >= 4 is 34.3 Å². The van der Waals surface area contributed by atoms with Crippen LogP contribution in [0.25, 0.3) is 0 Å². The van der Waals surface area contributed by atoms with Gasteiger partial charge in [-0.05, 0) is 47.2 Å². The molecule has 0 radical (unpaired) electrons. The molecule has 7 heteroatoms. The van der Waals surface area contributed by atoms with Crippen molar-refractivity contribution in [2.45, 2.75) is 39.3 Å². The van der Waals surface area contributed by atoms with Gasteiger partial charge < -0.3 is 25.8 Å². The summed E-state index contributed by atoms with van der Waals surface area (Å²) in [6.07, 6.45) is 0.331. The fourth-order valence-corrected chi connectivity index (χ4v) is 2.40. The van der Waals surface area contributed by atoms with Crippen molar-refractivity contribution in [2.24, 2.45) is 0 Å². The Bertz CT molecular complexity index is 497. The molecule has 1 rings (SSSR count). The van der Waals surface area contributed by atoms with Gasteiger partial charge in [-0.25, -0.2) is 4.79 Å². The van der Waals surface area contributed by atoms with E-state index in [4.69, 9.17) is 4.74 Å². The maximum absolute atomic E-state index is 11.6. The summed E-state index contributed by atoms with van der Waals surface area (Å²) >= 11 is 2.15. The number of carbonyl (C=O) groups excluding carboxylic acids is 1. The van der Waals surface area contributed by atoms with Gasteiger partial charge in [0.1, 0.15) is 18.5 Å². The zero-order chi connectivity index (χ0) is 17.2. The zero-order valence-electron chi connectivity index (χ0n) is 13.9. The molecule has 23 heavy (non-hydrogen) atoms. The summed E-state index contributed by atoms with van der Waals surface area (Å²) in [5.41, 5.74) is 0.706. The lowest BCUT2D eigenvalue weighted by molar-refractivity contribution is 0.104. The molecular formula is C16H26IN3O3. The molecule has 0 spiro atoms. The van der Waals surface area contributed by atoms with Crippen molar-refractivity contribution in [2.75, 3.05) is 25.0 Å². The van der Waals surface area contributed by atoms with Crippen LogP contribution in [0.1, 0.15) is 27.2 Å². The molecule has 0 bridgehead atoms. The van der Waals surface area contributed by atoms with Crippen molar-refractivity contribution in [3.63, 3.8) is 0 Å². The van der Waals surface area contributed by atoms with Crippen LogP contribution in [0.2, 0.25) is 0 Å². The van der Waals surface area contributed by atoms with E-state index in [1.165, 1.54) is 0 Å². The van der Waals surface area contributed by atoms with Crippen LogP contribution in [0.5, 0.6) is 5.75 Å². The molecule has 0 fully saturated rings.